The SMILES string of the molecule is CCCC(CCC)C(=O)NC(=O)OCCSSCCOC(=O)NCC1(CC(=O)OCC)CCCCC1. The molecule has 0 atom stereocenters. The highest BCUT2D eigenvalue weighted by Crippen LogP contribution is 2.39. The van der Waals surface area contributed by atoms with Gasteiger partial charge in [0.1, 0.15) is 13.2 Å². The third-order valence-corrected chi connectivity index (χ3v) is 8.43. The Morgan fingerprint density at radius 2 is 1.42 bits per heavy atom. The highest BCUT2D eigenvalue weighted by atomic mass is 33.1. The minimum Gasteiger partial charge on any atom is -0.466 e. The van der Waals surface area contributed by atoms with E-state index in [1.165, 1.54) is 21.6 Å². The number of ether oxygens (including phenoxy) is 3. The van der Waals surface area contributed by atoms with E-state index in [0.717, 1.165) is 57.8 Å². The van der Waals surface area contributed by atoms with E-state index in [4.69, 9.17) is 14.2 Å². The third kappa shape index (κ3) is 14.2. The molecule has 0 saturated heterocycles. The topological polar surface area (TPSA) is 120 Å². The summed E-state index contributed by atoms with van der Waals surface area (Å²) in [5, 5.41) is 5.15. The van der Waals surface area contributed by atoms with Crippen LogP contribution in [0.2, 0.25) is 0 Å². The van der Waals surface area contributed by atoms with Crippen molar-refractivity contribution < 1.29 is 33.4 Å². The van der Waals surface area contributed by atoms with Gasteiger partial charge in [0.15, 0.2) is 0 Å². The summed E-state index contributed by atoms with van der Waals surface area (Å²) in [5.41, 5.74) is -0.252. The van der Waals surface area contributed by atoms with Gasteiger partial charge < -0.3 is 19.5 Å². The fraction of sp³-hybridized carbons (Fsp3) is 0.840. The van der Waals surface area contributed by atoms with Crippen LogP contribution in [0.5, 0.6) is 0 Å². The molecule has 0 radical (unpaired) electrons. The minimum absolute atomic E-state index is 0.152. The van der Waals surface area contributed by atoms with Gasteiger partial charge >= 0.3 is 18.2 Å². The number of nitrogens with one attached hydrogen (secondary N) is 2. The Morgan fingerprint density at radius 1 is 0.833 bits per heavy atom. The van der Waals surface area contributed by atoms with Crippen LogP contribution in [-0.4, -0.2) is 61.9 Å². The van der Waals surface area contributed by atoms with Crippen LogP contribution in [0.25, 0.3) is 0 Å². The van der Waals surface area contributed by atoms with E-state index in [2.05, 4.69) is 10.6 Å². The van der Waals surface area contributed by atoms with Gasteiger partial charge in [0.2, 0.25) is 5.91 Å². The standard InChI is InChI=1S/C25H44N2O7S2/c1-4-10-20(11-5-2)22(29)27-24(31)34-15-17-36-35-16-14-33-23(30)26-19-25(12-8-7-9-13-25)18-21(28)32-6-3/h20H,4-19H2,1-3H3,(H,26,30)(H,27,29,31). The van der Waals surface area contributed by atoms with Crippen LogP contribution in [0.4, 0.5) is 9.59 Å². The molecule has 1 saturated carbocycles. The number of hydrogen-bond donors (Lipinski definition) is 2. The van der Waals surface area contributed by atoms with Crippen molar-refractivity contribution in [1.29, 1.82) is 0 Å². The zero-order chi connectivity index (χ0) is 26.7. The van der Waals surface area contributed by atoms with E-state index < -0.39 is 12.2 Å². The molecule has 11 heteroatoms. The highest BCUT2D eigenvalue weighted by molar-refractivity contribution is 8.76. The van der Waals surface area contributed by atoms with Crippen LogP contribution in [-0.2, 0) is 23.8 Å². The highest BCUT2D eigenvalue weighted by Gasteiger charge is 2.35. The van der Waals surface area contributed by atoms with E-state index in [1.807, 2.05) is 13.8 Å². The van der Waals surface area contributed by atoms with Gasteiger partial charge in [-0.2, -0.15) is 0 Å². The number of hydrogen-bond acceptors (Lipinski definition) is 9. The summed E-state index contributed by atoms with van der Waals surface area (Å²) in [7, 11) is 3.01. The van der Waals surface area contributed by atoms with Crippen molar-refractivity contribution in [3.05, 3.63) is 0 Å². The Morgan fingerprint density at radius 3 is 1.97 bits per heavy atom. The molecule has 0 spiro atoms. The lowest BCUT2D eigenvalue weighted by Crippen LogP contribution is -2.41. The molecular formula is C25H44N2O7S2. The van der Waals surface area contributed by atoms with E-state index >= 15 is 0 Å². The molecular weight excluding hydrogens is 504 g/mol. The van der Waals surface area contributed by atoms with Gasteiger partial charge in [0.25, 0.3) is 0 Å². The summed E-state index contributed by atoms with van der Waals surface area (Å²) in [6.45, 7) is 7.03. The molecule has 9 nitrogen and oxygen atoms in total. The molecule has 0 aromatic carbocycles. The predicted octanol–water partition coefficient (Wildman–Crippen LogP) is 5.47. The normalized spacial score (nSPS) is 14.7. The average Bonchev–Trinajstić information content (AvgIpc) is 2.85. The Balaban J connectivity index is 2.14. The van der Waals surface area contributed by atoms with E-state index in [0.29, 0.717) is 31.1 Å². The van der Waals surface area contributed by atoms with E-state index in [-0.39, 0.29) is 36.4 Å². The van der Waals surface area contributed by atoms with E-state index in [1.54, 1.807) is 6.92 Å². The van der Waals surface area contributed by atoms with Crippen molar-refractivity contribution in [3.8, 4) is 0 Å². The molecule has 0 aliphatic heterocycles. The van der Waals surface area contributed by atoms with Crippen molar-refractivity contribution in [2.75, 3.05) is 37.9 Å². The van der Waals surface area contributed by atoms with Gasteiger partial charge in [-0.15, -0.1) is 0 Å². The Bertz CT molecular complexity index is 667. The third-order valence-electron chi connectivity index (χ3n) is 6.10. The molecule has 1 aliphatic carbocycles. The number of rotatable bonds is 17. The van der Waals surface area contributed by atoms with Gasteiger partial charge in [-0.3, -0.25) is 14.9 Å². The average molecular weight is 549 g/mol. The summed E-state index contributed by atoms with van der Waals surface area (Å²) in [5.74, 6) is 0.513. The molecule has 1 rings (SSSR count). The Labute approximate surface area is 223 Å². The number of amides is 3. The molecule has 0 aromatic heterocycles. The van der Waals surface area contributed by atoms with Crippen molar-refractivity contribution >= 4 is 45.7 Å². The van der Waals surface area contributed by atoms with Crippen LogP contribution in [0.15, 0.2) is 0 Å². The van der Waals surface area contributed by atoms with Gasteiger partial charge in [-0.05, 0) is 38.0 Å². The summed E-state index contributed by atoms with van der Waals surface area (Å²) in [6, 6.07) is 0. The summed E-state index contributed by atoms with van der Waals surface area (Å²) in [6.07, 6.45) is 7.46. The Hall–Kier alpha value is -1.62. The van der Waals surface area contributed by atoms with Crippen LogP contribution in [0, 0.1) is 11.3 Å². The van der Waals surface area contributed by atoms with Gasteiger partial charge in [0, 0.05) is 24.0 Å². The first-order valence-corrected chi connectivity index (χ1v) is 15.6. The maximum absolute atomic E-state index is 12.1. The molecule has 36 heavy (non-hydrogen) atoms. The van der Waals surface area contributed by atoms with E-state index in [9.17, 15) is 19.2 Å². The fourth-order valence-corrected chi connectivity index (χ4v) is 6.00. The second kappa shape index (κ2) is 19.5. The molecule has 2 N–H and O–H groups in total. The number of alkyl carbamates (subject to hydrolysis) is 2. The summed E-state index contributed by atoms with van der Waals surface area (Å²) in [4.78, 5) is 48.1. The Kier molecular flexibility index (Phi) is 17.5. The zero-order valence-electron chi connectivity index (χ0n) is 22.1. The number of esters is 1. The summed E-state index contributed by atoms with van der Waals surface area (Å²) < 4.78 is 15.4. The van der Waals surface area contributed by atoms with Crippen molar-refractivity contribution in [2.45, 2.75) is 85.0 Å². The molecule has 3 amide bonds. The minimum atomic E-state index is -0.707. The van der Waals surface area contributed by atoms with Crippen LogP contribution in [0.1, 0.15) is 85.0 Å². The lowest BCUT2D eigenvalue weighted by Gasteiger charge is -2.36. The number of carbonyl (C=O) groups is 4. The monoisotopic (exact) mass is 548 g/mol. The molecule has 0 bridgehead atoms. The first-order valence-electron chi connectivity index (χ1n) is 13.1. The van der Waals surface area contributed by atoms with Gasteiger partial charge in [-0.1, -0.05) is 67.5 Å². The molecule has 208 valence electrons. The molecule has 0 aromatic rings. The number of imide groups is 1. The maximum atomic E-state index is 12.1. The lowest BCUT2D eigenvalue weighted by atomic mass is 9.72. The fourth-order valence-electron chi connectivity index (χ4n) is 4.34. The first kappa shape index (κ1) is 32.4. The molecule has 1 aliphatic rings. The second-order valence-corrected chi connectivity index (χ2v) is 11.8. The quantitative estimate of drug-likeness (QED) is 0.106. The lowest BCUT2D eigenvalue weighted by molar-refractivity contribution is -0.146. The smallest absolute Gasteiger partial charge is 0.413 e. The van der Waals surface area contributed by atoms with Gasteiger partial charge in [-0.25, -0.2) is 9.59 Å². The molecule has 1 fully saturated rings. The van der Waals surface area contributed by atoms with Crippen molar-refractivity contribution in [1.82, 2.24) is 10.6 Å². The molecule has 0 unspecified atom stereocenters. The van der Waals surface area contributed by atoms with Crippen molar-refractivity contribution in [2.24, 2.45) is 11.3 Å². The van der Waals surface area contributed by atoms with Crippen LogP contribution < -0.4 is 10.6 Å². The number of carbonyl (C=O) groups excluding carboxylic acids is 4. The zero-order valence-corrected chi connectivity index (χ0v) is 23.7. The van der Waals surface area contributed by atoms with Crippen LogP contribution in [0.3, 0.4) is 0 Å². The largest absolute Gasteiger partial charge is 0.466 e. The van der Waals surface area contributed by atoms with Crippen molar-refractivity contribution in [3.63, 3.8) is 0 Å². The van der Waals surface area contributed by atoms with Crippen LogP contribution >= 0.6 is 21.6 Å². The first-order chi connectivity index (χ1) is 17.4. The predicted molar refractivity (Wildman–Crippen MR) is 144 cm³/mol. The maximum Gasteiger partial charge on any atom is 0.413 e. The second-order valence-electron chi connectivity index (χ2n) is 9.08. The van der Waals surface area contributed by atoms with Gasteiger partial charge in [0.05, 0.1) is 13.0 Å². The molecule has 0 heterocycles. The summed E-state index contributed by atoms with van der Waals surface area (Å²) >= 11 is 0.